The summed E-state index contributed by atoms with van der Waals surface area (Å²) in [5.41, 5.74) is 0.622. The van der Waals surface area contributed by atoms with Crippen LogP contribution >= 0.6 is 12.4 Å². The first-order chi connectivity index (χ1) is 11.4. The van der Waals surface area contributed by atoms with Crippen LogP contribution in [0.5, 0.6) is 0 Å². The smallest absolute Gasteiger partial charge is 0.238 e. The van der Waals surface area contributed by atoms with E-state index in [1.54, 1.807) is 12.1 Å². The molecular weight excluding hydrogens is 362 g/mol. The summed E-state index contributed by atoms with van der Waals surface area (Å²) in [7, 11) is -1.23. The molecule has 2 N–H and O–H groups in total. The van der Waals surface area contributed by atoms with E-state index < -0.39 is 9.84 Å². The number of carbonyl (C=O) groups excluding carboxylic acids is 1. The molecule has 1 saturated heterocycles. The third kappa shape index (κ3) is 7.32. The van der Waals surface area contributed by atoms with Gasteiger partial charge in [0, 0.05) is 11.9 Å². The van der Waals surface area contributed by atoms with Crippen molar-refractivity contribution in [2.75, 3.05) is 44.8 Å². The zero-order valence-electron chi connectivity index (χ0n) is 14.8. The molecule has 0 saturated carbocycles. The summed E-state index contributed by atoms with van der Waals surface area (Å²) < 4.78 is 22.8. The third-order valence-corrected chi connectivity index (χ3v) is 5.57. The largest absolute Gasteiger partial charge is 0.325 e. The molecule has 1 aromatic carbocycles. The zero-order chi connectivity index (χ0) is 17.6. The highest BCUT2D eigenvalue weighted by atomic mass is 35.5. The van der Waals surface area contributed by atoms with E-state index in [-0.39, 0.29) is 23.2 Å². The number of carbonyl (C=O) groups is 1. The minimum atomic E-state index is -3.21. The number of piperidine rings is 1. The molecule has 0 aliphatic carbocycles. The van der Waals surface area contributed by atoms with Gasteiger partial charge in [0.2, 0.25) is 5.91 Å². The molecular formula is C17H28ClN3O3S. The Morgan fingerprint density at radius 3 is 2.32 bits per heavy atom. The molecule has 1 fully saturated rings. The normalized spacial score (nSPS) is 16.2. The van der Waals surface area contributed by atoms with E-state index in [0.29, 0.717) is 12.2 Å². The first-order valence-corrected chi connectivity index (χ1v) is 10.2. The predicted molar refractivity (Wildman–Crippen MR) is 103 cm³/mol. The summed E-state index contributed by atoms with van der Waals surface area (Å²) in [4.78, 5) is 14.6. The van der Waals surface area contributed by atoms with E-state index in [1.807, 2.05) is 7.05 Å². The van der Waals surface area contributed by atoms with Crippen molar-refractivity contribution < 1.29 is 13.2 Å². The van der Waals surface area contributed by atoms with E-state index >= 15 is 0 Å². The number of sulfone groups is 1. The summed E-state index contributed by atoms with van der Waals surface area (Å²) in [6, 6.07) is 6.27. The van der Waals surface area contributed by atoms with Crippen molar-refractivity contribution in [3.63, 3.8) is 0 Å². The van der Waals surface area contributed by atoms with E-state index in [9.17, 15) is 13.2 Å². The number of benzene rings is 1. The second-order valence-electron chi connectivity index (χ2n) is 6.46. The molecule has 0 aromatic heterocycles. The SMILES string of the molecule is CNCCC1CCN(CC(=O)Nc2ccc(S(C)(=O)=O)cc2)CC1.Cl. The van der Waals surface area contributed by atoms with Crippen molar-refractivity contribution in [3.05, 3.63) is 24.3 Å². The topological polar surface area (TPSA) is 78.5 Å². The average Bonchev–Trinajstić information content (AvgIpc) is 2.54. The van der Waals surface area contributed by atoms with Crippen molar-refractivity contribution in [2.45, 2.75) is 24.2 Å². The first-order valence-electron chi connectivity index (χ1n) is 8.35. The van der Waals surface area contributed by atoms with E-state index in [0.717, 1.165) is 38.4 Å². The summed E-state index contributed by atoms with van der Waals surface area (Å²) >= 11 is 0. The van der Waals surface area contributed by atoms with E-state index in [2.05, 4.69) is 15.5 Å². The van der Waals surface area contributed by atoms with Crippen molar-refractivity contribution in [1.82, 2.24) is 10.2 Å². The highest BCUT2D eigenvalue weighted by Crippen LogP contribution is 2.20. The Hall–Kier alpha value is -1.15. The quantitative estimate of drug-likeness (QED) is 0.743. The molecule has 1 aliphatic heterocycles. The number of rotatable bonds is 7. The molecule has 0 atom stereocenters. The van der Waals surface area contributed by atoms with Crippen LogP contribution in [-0.4, -0.2) is 58.7 Å². The minimum absolute atomic E-state index is 0. The Morgan fingerprint density at radius 2 is 1.80 bits per heavy atom. The monoisotopic (exact) mass is 389 g/mol. The average molecular weight is 390 g/mol. The van der Waals surface area contributed by atoms with Crippen LogP contribution in [0.3, 0.4) is 0 Å². The molecule has 2 rings (SSSR count). The summed E-state index contributed by atoms with van der Waals surface area (Å²) in [5, 5.41) is 6.01. The van der Waals surface area contributed by atoms with E-state index in [1.165, 1.54) is 24.8 Å². The number of nitrogens with one attached hydrogen (secondary N) is 2. The third-order valence-electron chi connectivity index (χ3n) is 4.44. The molecule has 0 spiro atoms. The maximum absolute atomic E-state index is 12.1. The zero-order valence-corrected chi connectivity index (χ0v) is 16.5. The summed E-state index contributed by atoms with van der Waals surface area (Å²) in [5.74, 6) is 0.691. The minimum Gasteiger partial charge on any atom is -0.325 e. The summed E-state index contributed by atoms with van der Waals surface area (Å²) in [6.45, 7) is 3.34. The lowest BCUT2D eigenvalue weighted by atomic mass is 9.93. The summed E-state index contributed by atoms with van der Waals surface area (Å²) in [6.07, 6.45) is 4.64. The van der Waals surface area contributed by atoms with Crippen molar-refractivity contribution >= 4 is 33.8 Å². The van der Waals surface area contributed by atoms with Crippen LogP contribution in [0.2, 0.25) is 0 Å². The van der Waals surface area contributed by atoms with E-state index in [4.69, 9.17) is 0 Å². The van der Waals surface area contributed by atoms with Gasteiger partial charge in [-0.3, -0.25) is 9.69 Å². The van der Waals surface area contributed by atoms with Crippen LogP contribution < -0.4 is 10.6 Å². The molecule has 1 aliphatic rings. The number of halogens is 1. The standard InChI is InChI=1S/C17H27N3O3S.ClH/c1-18-10-7-14-8-11-20(12-9-14)13-17(21)19-15-3-5-16(6-4-15)24(2,22)23;/h3-6,14,18H,7-13H2,1-2H3,(H,19,21);1H. The lowest BCUT2D eigenvalue weighted by Crippen LogP contribution is -2.39. The van der Waals surface area contributed by atoms with Gasteiger partial charge in [-0.25, -0.2) is 8.42 Å². The number of anilines is 1. The van der Waals surface area contributed by atoms with Crippen molar-refractivity contribution in [2.24, 2.45) is 5.92 Å². The molecule has 0 radical (unpaired) electrons. The van der Waals surface area contributed by atoms with Crippen LogP contribution in [0.25, 0.3) is 0 Å². The van der Waals surface area contributed by atoms with Crippen LogP contribution in [0.1, 0.15) is 19.3 Å². The van der Waals surface area contributed by atoms with Crippen LogP contribution in [-0.2, 0) is 14.6 Å². The van der Waals surface area contributed by atoms with Crippen LogP contribution in [0, 0.1) is 5.92 Å². The van der Waals surface area contributed by atoms with Gasteiger partial charge in [0.05, 0.1) is 11.4 Å². The second kappa shape index (κ2) is 10.1. The van der Waals surface area contributed by atoms with Gasteiger partial charge in [-0.2, -0.15) is 0 Å². The van der Waals surface area contributed by atoms with Gasteiger partial charge in [-0.15, -0.1) is 12.4 Å². The molecule has 25 heavy (non-hydrogen) atoms. The lowest BCUT2D eigenvalue weighted by molar-refractivity contribution is -0.117. The van der Waals surface area contributed by atoms with Gasteiger partial charge in [0.1, 0.15) is 0 Å². The molecule has 8 heteroatoms. The Morgan fingerprint density at radius 1 is 1.20 bits per heavy atom. The fraction of sp³-hybridized carbons (Fsp3) is 0.588. The van der Waals surface area contributed by atoms with Crippen LogP contribution in [0.15, 0.2) is 29.2 Å². The molecule has 6 nitrogen and oxygen atoms in total. The van der Waals surface area contributed by atoms with Gasteiger partial charge in [-0.1, -0.05) is 0 Å². The fourth-order valence-electron chi connectivity index (χ4n) is 2.97. The lowest BCUT2D eigenvalue weighted by Gasteiger charge is -2.31. The Balaban J connectivity index is 0.00000312. The number of hydrogen-bond acceptors (Lipinski definition) is 5. The van der Waals surface area contributed by atoms with Gasteiger partial charge in [0.15, 0.2) is 9.84 Å². The molecule has 1 amide bonds. The van der Waals surface area contributed by atoms with Gasteiger partial charge < -0.3 is 10.6 Å². The predicted octanol–water partition coefficient (Wildman–Crippen LogP) is 1.77. The molecule has 0 unspecified atom stereocenters. The highest BCUT2D eigenvalue weighted by Gasteiger charge is 2.20. The number of hydrogen-bond donors (Lipinski definition) is 2. The molecule has 142 valence electrons. The number of nitrogens with zero attached hydrogens (tertiary/aromatic N) is 1. The maximum atomic E-state index is 12.1. The number of likely N-dealkylation sites (tertiary alicyclic amines) is 1. The van der Waals surface area contributed by atoms with Crippen molar-refractivity contribution in [1.29, 1.82) is 0 Å². The Kier molecular flexibility index (Phi) is 8.85. The highest BCUT2D eigenvalue weighted by molar-refractivity contribution is 7.90. The van der Waals surface area contributed by atoms with Gasteiger partial charge >= 0.3 is 0 Å². The fourth-order valence-corrected chi connectivity index (χ4v) is 3.60. The van der Waals surface area contributed by atoms with Gasteiger partial charge in [-0.05, 0) is 76.1 Å². The van der Waals surface area contributed by atoms with Crippen LogP contribution in [0.4, 0.5) is 5.69 Å². The van der Waals surface area contributed by atoms with Crippen molar-refractivity contribution in [3.8, 4) is 0 Å². The number of amides is 1. The Bertz CT molecular complexity index is 642. The molecule has 1 heterocycles. The molecule has 1 aromatic rings. The maximum Gasteiger partial charge on any atom is 0.238 e. The van der Waals surface area contributed by atoms with Gasteiger partial charge in [0.25, 0.3) is 0 Å². The first kappa shape index (κ1) is 21.9. The molecule has 0 bridgehead atoms. The Labute approximate surface area is 156 Å². The second-order valence-corrected chi connectivity index (χ2v) is 8.47.